The number of nitrogens with zero attached hydrogens (tertiary/aromatic N) is 2. The van der Waals surface area contributed by atoms with Crippen molar-refractivity contribution in [3.05, 3.63) is 29.8 Å². The van der Waals surface area contributed by atoms with Gasteiger partial charge in [-0.05, 0) is 63.1 Å². The number of nitrogens with one attached hydrogen (secondary N) is 1. The largest absolute Gasteiger partial charge is 0.497 e. The lowest BCUT2D eigenvalue weighted by atomic mass is 9.93. The van der Waals surface area contributed by atoms with E-state index in [0.29, 0.717) is 19.4 Å². The van der Waals surface area contributed by atoms with Gasteiger partial charge in [-0.25, -0.2) is 4.79 Å². The summed E-state index contributed by atoms with van der Waals surface area (Å²) in [5.74, 6) is 0.312. The van der Waals surface area contributed by atoms with Crippen molar-refractivity contribution >= 4 is 17.8 Å². The molecule has 4 amide bonds. The quantitative estimate of drug-likeness (QED) is 0.713. The smallest absolute Gasteiger partial charge is 0.325 e. The molecule has 7 heteroatoms. The Morgan fingerprint density at radius 2 is 1.97 bits per heavy atom. The number of piperidine rings is 1. The predicted octanol–water partition coefficient (Wildman–Crippen LogP) is 2.73. The number of benzene rings is 1. The van der Waals surface area contributed by atoms with Crippen LogP contribution in [-0.4, -0.2) is 59.4 Å². The van der Waals surface area contributed by atoms with E-state index < -0.39 is 11.6 Å². The van der Waals surface area contributed by atoms with E-state index >= 15 is 0 Å². The lowest BCUT2D eigenvalue weighted by molar-refractivity contribution is -0.141. The molecule has 2 atom stereocenters. The lowest BCUT2D eigenvalue weighted by Crippen LogP contribution is -2.49. The number of aryl methyl sites for hydroxylation is 1. The molecule has 0 radical (unpaired) electrons. The molecule has 1 N–H and O–H groups in total. The number of carbonyl (C=O) groups is 3. The molecule has 158 valence electrons. The first-order valence-corrected chi connectivity index (χ1v) is 10.4. The van der Waals surface area contributed by atoms with Gasteiger partial charge in [-0.1, -0.05) is 19.1 Å². The highest BCUT2D eigenvalue weighted by Crippen LogP contribution is 2.25. The van der Waals surface area contributed by atoms with Crippen molar-refractivity contribution in [3.8, 4) is 5.75 Å². The third kappa shape index (κ3) is 4.54. The number of rotatable bonds is 7. The molecule has 2 aliphatic heterocycles. The summed E-state index contributed by atoms with van der Waals surface area (Å²) in [5, 5.41) is 2.80. The SMILES string of the molecule is CC[C@H]1CCCCN1C(=O)CN1C(=O)N[C@](C)(CCc2ccc(OC)cc2)C1=O. The predicted molar refractivity (Wildman–Crippen MR) is 110 cm³/mol. The average Bonchev–Trinajstić information content (AvgIpc) is 2.95. The third-order valence-corrected chi connectivity index (χ3v) is 6.13. The summed E-state index contributed by atoms with van der Waals surface area (Å²) >= 11 is 0. The summed E-state index contributed by atoms with van der Waals surface area (Å²) in [6.07, 6.45) is 5.08. The van der Waals surface area contributed by atoms with Crippen LogP contribution in [0.4, 0.5) is 4.79 Å². The first-order valence-electron chi connectivity index (χ1n) is 10.4. The molecular weight excluding hydrogens is 370 g/mol. The van der Waals surface area contributed by atoms with E-state index in [4.69, 9.17) is 4.74 Å². The normalized spacial score (nSPS) is 24.6. The molecule has 2 saturated heterocycles. The first-order chi connectivity index (χ1) is 13.9. The monoisotopic (exact) mass is 401 g/mol. The number of ether oxygens (including phenoxy) is 1. The van der Waals surface area contributed by atoms with Crippen LogP contribution < -0.4 is 10.1 Å². The van der Waals surface area contributed by atoms with E-state index in [1.54, 1.807) is 14.0 Å². The summed E-state index contributed by atoms with van der Waals surface area (Å²) in [7, 11) is 1.62. The average molecular weight is 402 g/mol. The molecular formula is C22H31N3O4. The van der Waals surface area contributed by atoms with Gasteiger partial charge < -0.3 is 15.0 Å². The maximum absolute atomic E-state index is 13.0. The van der Waals surface area contributed by atoms with E-state index in [1.165, 1.54) is 0 Å². The van der Waals surface area contributed by atoms with Gasteiger partial charge in [-0.3, -0.25) is 14.5 Å². The van der Waals surface area contributed by atoms with Gasteiger partial charge in [0.05, 0.1) is 7.11 Å². The first kappa shape index (κ1) is 21.1. The fourth-order valence-corrected chi connectivity index (χ4v) is 4.23. The molecule has 2 heterocycles. The Bertz CT molecular complexity index is 764. The number of carbonyl (C=O) groups excluding carboxylic acids is 3. The highest BCUT2D eigenvalue weighted by atomic mass is 16.5. The summed E-state index contributed by atoms with van der Waals surface area (Å²) in [4.78, 5) is 41.2. The molecule has 1 aromatic rings. The maximum Gasteiger partial charge on any atom is 0.325 e. The number of urea groups is 1. The minimum absolute atomic E-state index is 0.139. The van der Waals surface area contributed by atoms with Crippen molar-refractivity contribution in [2.24, 2.45) is 0 Å². The van der Waals surface area contributed by atoms with Crippen LogP contribution in [0.2, 0.25) is 0 Å². The second-order valence-electron chi connectivity index (χ2n) is 8.15. The molecule has 3 rings (SSSR count). The van der Waals surface area contributed by atoms with Crippen molar-refractivity contribution in [2.45, 2.75) is 64.0 Å². The fourth-order valence-electron chi connectivity index (χ4n) is 4.23. The summed E-state index contributed by atoms with van der Waals surface area (Å²) in [6.45, 7) is 4.33. The Morgan fingerprint density at radius 1 is 1.24 bits per heavy atom. The molecule has 0 unspecified atom stereocenters. The standard InChI is InChI=1S/C22H31N3O4/c1-4-17-7-5-6-14-24(17)19(26)15-25-20(27)22(2,23-21(25)28)13-12-16-8-10-18(29-3)11-9-16/h8-11,17H,4-7,12-15H2,1-3H3,(H,23,28)/t17-,22+/m0/s1. The zero-order valence-electron chi connectivity index (χ0n) is 17.6. The van der Waals surface area contributed by atoms with Crippen LogP contribution >= 0.6 is 0 Å². The molecule has 0 saturated carbocycles. The molecule has 0 bridgehead atoms. The second kappa shape index (κ2) is 8.84. The maximum atomic E-state index is 13.0. The zero-order chi connectivity index (χ0) is 21.0. The molecule has 7 nitrogen and oxygen atoms in total. The van der Waals surface area contributed by atoms with Crippen LogP contribution in [0.25, 0.3) is 0 Å². The number of hydrogen-bond acceptors (Lipinski definition) is 4. The highest BCUT2D eigenvalue weighted by Gasteiger charge is 2.48. The van der Waals surface area contributed by atoms with Gasteiger partial charge in [0.25, 0.3) is 5.91 Å². The van der Waals surface area contributed by atoms with E-state index in [0.717, 1.165) is 41.9 Å². The van der Waals surface area contributed by atoms with Crippen LogP contribution in [0, 0.1) is 0 Å². The van der Waals surface area contributed by atoms with Crippen LogP contribution in [0.1, 0.15) is 51.5 Å². The Labute approximate surface area is 172 Å². The van der Waals surface area contributed by atoms with E-state index in [2.05, 4.69) is 12.2 Å². The minimum Gasteiger partial charge on any atom is -0.497 e. The fraction of sp³-hybridized carbons (Fsp3) is 0.591. The number of likely N-dealkylation sites (tertiary alicyclic amines) is 1. The molecule has 0 aromatic heterocycles. The minimum atomic E-state index is -0.997. The topological polar surface area (TPSA) is 79.0 Å². The van der Waals surface area contributed by atoms with Gasteiger partial charge in [-0.15, -0.1) is 0 Å². The molecule has 29 heavy (non-hydrogen) atoms. The van der Waals surface area contributed by atoms with Gasteiger partial charge in [0.1, 0.15) is 17.8 Å². The number of amides is 4. The van der Waals surface area contributed by atoms with Gasteiger partial charge in [0.2, 0.25) is 5.91 Å². The molecule has 2 fully saturated rings. The Kier molecular flexibility index (Phi) is 6.45. The van der Waals surface area contributed by atoms with E-state index in [1.807, 2.05) is 29.2 Å². The molecule has 1 aromatic carbocycles. The Balaban J connectivity index is 1.62. The third-order valence-electron chi connectivity index (χ3n) is 6.13. The van der Waals surface area contributed by atoms with Gasteiger partial charge in [0.15, 0.2) is 0 Å². The second-order valence-corrected chi connectivity index (χ2v) is 8.15. The van der Waals surface area contributed by atoms with Crippen LogP contribution in [0.5, 0.6) is 5.75 Å². The molecule has 0 aliphatic carbocycles. The van der Waals surface area contributed by atoms with Crippen molar-refractivity contribution in [2.75, 3.05) is 20.2 Å². The Hall–Kier alpha value is -2.57. The van der Waals surface area contributed by atoms with Gasteiger partial charge in [-0.2, -0.15) is 0 Å². The zero-order valence-corrected chi connectivity index (χ0v) is 17.6. The Morgan fingerprint density at radius 3 is 2.62 bits per heavy atom. The van der Waals surface area contributed by atoms with Crippen molar-refractivity contribution < 1.29 is 19.1 Å². The molecule has 2 aliphatic rings. The van der Waals surface area contributed by atoms with Crippen LogP contribution in [-0.2, 0) is 16.0 Å². The summed E-state index contributed by atoms with van der Waals surface area (Å²) < 4.78 is 5.16. The highest BCUT2D eigenvalue weighted by molar-refractivity contribution is 6.08. The van der Waals surface area contributed by atoms with Gasteiger partial charge in [0, 0.05) is 12.6 Å². The number of hydrogen-bond donors (Lipinski definition) is 1. The molecule has 0 spiro atoms. The van der Waals surface area contributed by atoms with Crippen molar-refractivity contribution in [1.29, 1.82) is 0 Å². The van der Waals surface area contributed by atoms with Crippen LogP contribution in [0.15, 0.2) is 24.3 Å². The van der Waals surface area contributed by atoms with Crippen molar-refractivity contribution in [3.63, 3.8) is 0 Å². The summed E-state index contributed by atoms with van der Waals surface area (Å²) in [6, 6.07) is 7.38. The number of imide groups is 1. The van der Waals surface area contributed by atoms with Gasteiger partial charge >= 0.3 is 6.03 Å². The van der Waals surface area contributed by atoms with E-state index in [-0.39, 0.29) is 24.4 Å². The van der Waals surface area contributed by atoms with Crippen LogP contribution in [0.3, 0.4) is 0 Å². The van der Waals surface area contributed by atoms with E-state index in [9.17, 15) is 14.4 Å². The number of methoxy groups -OCH3 is 1. The lowest BCUT2D eigenvalue weighted by Gasteiger charge is -2.36. The summed E-state index contributed by atoms with van der Waals surface area (Å²) in [5.41, 5.74) is 0.0614. The van der Waals surface area contributed by atoms with Crippen molar-refractivity contribution in [1.82, 2.24) is 15.1 Å².